The van der Waals surface area contributed by atoms with E-state index < -0.39 is 0 Å². The molecular weight excluding hydrogens is 268 g/mol. The minimum Gasteiger partial charge on any atom is -0.393 e. The van der Waals surface area contributed by atoms with E-state index in [9.17, 15) is 5.11 Å². The lowest BCUT2D eigenvalue weighted by Gasteiger charge is -2.26. The second-order valence-electron chi connectivity index (χ2n) is 5.88. The van der Waals surface area contributed by atoms with Crippen molar-refractivity contribution in [3.8, 4) is 0 Å². The molecular formula is C14H24N6O. The molecule has 2 heterocycles. The summed E-state index contributed by atoms with van der Waals surface area (Å²) in [7, 11) is 1.82. The highest BCUT2D eigenvalue weighted by Crippen LogP contribution is 2.23. The maximum absolute atomic E-state index is 9.58. The summed E-state index contributed by atoms with van der Waals surface area (Å²) in [5, 5.41) is 16.0. The Morgan fingerprint density at radius 3 is 2.33 bits per heavy atom. The smallest absolute Gasteiger partial charge is 0.231 e. The summed E-state index contributed by atoms with van der Waals surface area (Å²) in [5.41, 5.74) is 0. The van der Waals surface area contributed by atoms with Gasteiger partial charge < -0.3 is 20.6 Å². The highest BCUT2D eigenvalue weighted by Gasteiger charge is 2.21. The molecule has 21 heavy (non-hydrogen) atoms. The number of aliphatic hydroxyl groups is 1. The fourth-order valence-electron chi connectivity index (χ4n) is 3.00. The molecule has 0 bridgehead atoms. The van der Waals surface area contributed by atoms with Crippen molar-refractivity contribution < 1.29 is 5.11 Å². The van der Waals surface area contributed by atoms with Crippen LogP contribution in [0.25, 0.3) is 0 Å². The van der Waals surface area contributed by atoms with E-state index in [-0.39, 0.29) is 6.10 Å². The molecule has 1 aliphatic carbocycles. The van der Waals surface area contributed by atoms with Crippen LogP contribution in [0.2, 0.25) is 0 Å². The van der Waals surface area contributed by atoms with Crippen LogP contribution < -0.4 is 15.5 Å². The minimum atomic E-state index is -0.144. The molecule has 3 N–H and O–H groups in total. The van der Waals surface area contributed by atoms with Crippen molar-refractivity contribution in [1.29, 1.82) is 0 Å². The van der Waals surface area contributed by atoms with Crippen LogP contribution in [0.4, 0.5) is 17.8 Å². The van der Waals surface area contributed by atoms with Crippen molar-refractivity contribution in [2.75, 3.05) is 35.7 Å². The Bertz CT molecular complexity index is 469. The van der Waals surface area contributed by atoms with Crippen molar-refractivity contribution in [2.45, 2.75) is 50.7 Å². The van der Waals surface area contributed by atoms with Gasteiger partial charge in [-0.15, -0.1) is 0 Å². The van der Waals surface area contributed by atoms with E-state index in [4.69, 9.17) is 0 Å². The van der Waals surface area contributed by atoms with Crippen molar-refractivity contribution in [3.63, 3.8) is 0 Å². The third kappa shape index (κ3) is 3.53. The number of nitrogens with one attached hydrogen (secondary N) is 2. The predicted octanol–water partition coefficient (Wildman–Crippen LogP) is 1.23. The lowest BCUT2D eigenvalue weighted by atomic mass is 9.93. The quantitative estimate of drug-likeness (QED) is 0.769. The van der Waals surface area contributed by atoms with Gasteiger partial charge in [0.15, 0.2) is 0 Å². The van der Waals surface area contributed by atoms with Gasteiger partial charge in [0, 0.05) is 26.2 Å². The number of anilines is 3. The SMILES string of the molecule is CNc1nc(NC2CCC(O)CC2)nc(N2CCCC2)n1. The van der Waals surface area contributed by atoms with Gasteiger partial charge in [-0.25, -0.2) is 0 Å². The summed E-state index contributed by atoms with van der Waals surface area (Å²) in [4.78, 5) is 15.6. The first kappa shape index (κ1) is 14.3. The Kier molecular flexibility index (Phi) is 4.38. The first-order chi connectivity index (χ1) is 10.2. The monoisotopic (exact) mass is 292 g/mol. The van der Waals surface area contributed by atoms with Crippen LogP contribution in [0.1, 0.15) is 38.5 Å². The molecule has 1 aromatic heterocycles. The molecule has 1 aromatic rings. The lowest BCUT2D eigenvalue weighted by Crippen LogP contribution is -2.29. The fraction of sp³-hybridized carbons (Fsp3) is 0.786. The first-order valence-electron chi connectivity index (χ1n) is 7.88. The average Bonchev–Trinajstić information content (AvgIpc) is 3.04. The van der Waals surface area contributed by atoms with Gasteiger partial charge >= 0.3 is 0 Å². The normalized spacial score (nSPS) is 25.9. The number of aliphatic hydroxyl groups excluding tert-OH is 1. The molecule has 0 aromatic carbocycles. The summed E-state index contributed by atoms with van der Waals surface area (Å²) in [5.74, 6) is 1.99. The first-order valence-corrected chi connectivity index (χ1v) is 7.88. The highest BCUT2D eigenvalue weighted by molar-refractivity contribution is 5.44. The molecule has 1 saturated heterocycles. The third-order valence-corrected chi connectivity index (χ3v) is 4.27. The van der Waals surface area contributed by atoms with Gasteiger partial charge in [0.05, 0.1) is 6.10 Å². The molecule has 0 radical (unpaired) electrons. The van der Waals surface area contributed by atoms with E-state index in [0.29, 0.717) is 17.9 Å². The van der Waals surface area contributed by atoms with E-state index in [0.717, 1.165) is 44.7 Å². The summed E-state index contributed by atoms with van der Waals surface area (Å²) >= 11 is 0. The zero-order valence-electron chi connectivity index (χ0n) is 12.5. The predicted molar refractivity (Wildman–Crippen MR) is 82.7 cm³/mol. The van der Waals surface area contributed by atoms with Crippen LogP contribution in [0.3, 0.4) is 0 Å². The van der Waals surface area contributed by atoms with Crippen molar-refractivity contribution in [2.24, 2.45) is 0 Å². The van der Waals surface area contributed by atoms with Gasteiger partial charge in [-0.3, -0.25) is 0 Å². The van der Waals surface area contributed by atoms with Crippen LogP contribution in [0.15, 0.2) is 0 Å². The highest BCUT2D eigenvalue weighted by atomic mass is 16.3. The number of aromatic nitrogens is 3. The van der Waals surface area contributed by atoms with Gasteiger partial charge in [0.25, 0.3) is 0 Å². The number of nitrogens with zero attached hydrogens (tertiary/aromatic N) is 4. The summed E-state index contributed by atoms with van der Waals surface area (Å²) < 4.78 is 0. The van der Waals surface area contributed by atoms with E-state index in [1.807, 2.05) is 7.05 Å². The Hall–Kier alpha value is -1.63. The zero-order valence-corrected chi connectivity index (χ0v) is 12.5. The Morgan fingerprint density at radius 1 is 1.00 bits per heavy atom. The summed E-state index contributed by atoms with van der Waals surface area (Å²) in [6.45, 7) is 2.03. The van der Waals surface area contributed by atoms with Gasteiger partial charge in [-0.2, -0.15) is 15.0 Å². The molecule has 7 heteroatoms. The van der Waals surface area contributed by atoms with Gasteiger partial charge in [0.1, 0.15) is 0 Å². The van der Waals surface area contributed by atoms with Crippen LogP contribution in [0.5, 0.6) is 0 Å². The summed E-state index contributed by atoms with van der Waals surface area (Å²) in [6.07, 6.45) is 5.87. The molecule has 0 amide bonds. The van der Waals surface area contributed by atoms with E-state index >= 15 is 0 Å². The average molecular weight is 292 g/mol. The Balaban J connectivity index is 1.72. The van der Waals surface area contributed by atoms with Gasteiger partial charge in [0.2, 0.25) is 17.8 Å². The molecule has 3 rings (SSSR count). The molecule has 1 saturated carbocycles. The summed E-state index contributed by atoms with van der Waals surface area (Å²) in [6, 6.07) is 0.340. The molecule has 2 fully saturated rings. The largest absolute Gasteiger partial charge is 0.393 e. The van der Waals surface area contributed by atoms with Crippen molar-refractivity contribution in [3.05, 3.63) is 0 Å². The molecule has 1 aliphatic heterocycles. The van der Waals surface area contributed by atoms with Crippen LogP contribution in [0, 0.1) is 0 Å². The second kappa shape index (κ2) is 6.43. The Morgan fingerprint density at radius 2 is 1.67 bits per heavy atom. The number of hydrogen-bond acceptors (Lipinski definition) is 7. The standard InChI is InChI=1S/C14H24N6O/c1-15-12-17-13(16-10-4-6-11(21)7-5-10)19-14(18-12)20-8-2-3-9-20/h10-11,21H,2-9H2,1H3,(H2,15,16,17,18,19). The minimum absolute atomic E-state index is 0.144. The molecule has 2 aliphatic rings. The molecule has 0 spiro atoms. The maximum atomic E-state index is 9.58. The molecule has 7 nitrogen and oxygen atoms in total. The van der Waals surface area contributed by atoms with Crippen molar-refractivity contribution >= 4 is 17.8 Å². The van der Waals surface area contributed by atoms with Gasteiger partial charge in [-0.05, 0) is 38.5 Å². The van der Waals surface area contributed by atoms with Crippen LogP contribution in [-0.4, -0.2) is 52.3 Å². The second-order valence-corrected chi connectivity index (χ2v) is 5.88. The fourth-order valence-corrected chi connectivity index (χ4v) is 3.00. The van der Waals surface area contributed by atoms with E-state index in [2.05, 4.69) is 30.5 Å². The zero-order chi connectivity index (χ0) is 14.7. The molecule has 116 valence electrons. The van der Waals surface area contributed by atoms with Crippen molar-refractivity contribution in [1.82, 2.24) is 15.0 Å². The van der Waals surface area contributed by atoms with E-state index in [1.165, 1.54) is 12.8 Å². The Labute approximate surface area is 125 Å². The lowest BCUT2D eigenvalue weighted by molar-refractivity contribution is 0.126. The van der Waals surface area contributed by atoms with Gasteiger partial charge in [-0.1, -0.05) is 0 Å². The van der Waals surface area contributed by atoms with Crippen LogP contribution >= 0.6 is 0 Å². The van der Waals surface area contributed by atoms with Crippen LogP contribution in [-0.2, 0) is 0 Å². The third-order valence-electron chi connectivity index (χ3n) is 4.27. The topological polar surface area (TPSA) is 86.2 Å². The molecule has 0 unspecified atom stereocenters. The number of hydrogen-bond donors (Lipinski definition) is 3. The maximum Gasteiger partial charge on any atom is 0.231 e. The molecule has 0 atom stereocenters. The number of rotatable bonds is 4. The van der Waals surface area contributed by atoms with E-state index in [1.54, 1.807) is 0 Å².